The van der Waals surface area contributed by atoms with Crippen LogP contribution >= 0.6 is 27.3 Å². The SMILES string of the molecule is CCOC(=O)c1csc(-c2ccc(C(OC)OC)nc2C(=O)CBr)n1. The molecule has 0 bridgehead atoms. The van der Waals surface area contributed by atoms with E-state index >= 15 is 0 Å². The number of nitrogens with zero attached hydrogens (tertiary/aromatic N) is 2. The van der Waals surface area contributed by atoms with Crippen LogP contribution in [-0.2, 0) is 14.2 Å². The molecule has 25 heavy (non-hydrogen) atoms. The van der Waals surface area contributed by atoms with Gasteiger partial charge in [0.25, 0.3) is 0 Å². The van der Waals surface area contributed by atoms with Gasteiger partial charge in [-0.3, -0.25) is 4.79 Å². The summed E-state index contributed by atoms with van der Waals surface area (Å²) in [6.45, 7) is 1.99. The minimum Gasteiger partial charge on any atom is -0.461 e. The molecular formula is C16H17BrN2O5S. The van der Waals surface area contributed by atoms with E-state index in [2.05, 4.69) is 25.9 Å². The Labute approximate surface area is 157 Å². The van der Waals surface area contributed by atoms with E-state index in [-0.39, 0.29) is 29.1 Å². The van der Waals surface area contributed by atoms with Crippen LogP contribution in [0.1, 0.15) is 39.9 Å². The third-order valence-electron chi connectivity index (χ3n) is 3.19. The third-order valence-corrected chi connectivity index (χ3v) is 4.58. The summed E-state index contributed by atoms with van der Waals surface area (Å²) in [7, 11) is 2.98. The Morgan fingerprint density at radius 3 is 2.56 bits per heavy atom. The average Bonchev–Trinajstić information content (AvgIpc) is 3.12. The van der Waals surface area contributed by atoms with Gasteiger partial charge in [-0.2, -0.15) is 0 Å². The minimum atomic E-state index is -0.678. The van der Waals surface area contributed by atoms with Gasteiger partial charge in [0.2, 0.25) is 6.29 Å². The lowest BCUT2D eigenvalue weighted by molar-refractivity contribution is -0.108. The highest BCUT2D eigenvalue weighted by molar-refractivity contribution is 9.09. The Morgan fingerprint density at radius 2 is 1.96 bits per heavy atom. The van der Waals surface area contributed by atoms with Crippen molar-refractivity contribution in [3.63, 3.8) is 0 Å². The molecule has 2 heterocycles. The van der Waals surface area contributed by atoms with Gasteiger partial charge in [0.15, 0.2) is 11.5 Å². The molecule has 0 atom stereocenters. The predicted molar refractivity (Wildman–Crippen MR) is 96.2 cm³/mol. The maximum Gasteiger partial charge on any atom is 0.357 e. The van der Waals surface area contributed by atoms with Crippen LogP contribution in [0.15, 0.2) is 17.5 Å². The molecule has 0 aliphatic carbocycles. The number of pyridine rings is 1. The number of hydrogen-bond acceptors (Lipinski definition) is 8. The number of carbonyl (C=O) groups is 2. The summed E-state index contributed by atoms with van der Waals surface area (Å²) in [4.78, 5) is 32.7. The van der Waals surface area contributed by atoms with Crippen molar-refractivity contribution in [2.24, 2.45) is 0 Å². The number of Topliss-reactive ketones (excluding diaryl/α,β-unsaturated/α-hetero) is 1. The maximum absolute atomic E-state index is 12.3. The van der Waals surface area contributed by atoms with Crippen molar-refractivity contribution < 1.29 is 23.8 Å². The minimum absolute atomic E-state index is 0.108. The molecule has 2 aromatic heterocycles. The second-order valence-electron chi connectivity index (χ2n) is 4.75. The van der Waals surface area contributed by atoms with E-state index in [9.17, 15) is 9.59 Å². The highest BCUT2D eigenvalue weighted by atomic mass is 79.9. The van der Waals surface area contributed by atoms with Crippen LogP contribution in [0, 0.1) is 0 Å². The zero-order valence-electron chi connectivity index (χ0n) is 13.9. The predicted octanol–water partition coefficient (Wildman–Crippen LogP) is 3.25. The monoisotopic (exact) mass is 428 g/mol. The summed E-state index contributed by atoms with van der Waals surface area (Å²) in [5.74, 6) is -0.711. The summed E-state index contributed by atoms with van der Waals surface area (Å²) >= 11 is 4.40. The molecule has 7 nitrogen and oxygen atoms in total. The summed E-state index contributed by atoms with van der Waals surface area (Å²) in [5, 5.41) is 2.21. The summed E-state index contributed by atoms with van der Waals surface area (Å²) in [6.07, 6.45) is -0.678. The van der Waals surface area contributed by atoms with E-state index in [0.717, 1.165) is 0 Å². The van der Waals surface area contributed by atoms with Crippen LogP contribution in [0.25, 0.3) is 10.6 Å². The van der Waals surface area contributed by atoms with E-state index < -0.39 is 12.3 Å². The van der Waals surface area contributed by atoms with Crippen LogP contribution < -0.4 is 0 Å². The first-order valence-electron chi connectivity index (χ1n) is 7.34. The van der Waals surface area contributed by atoms with Crippen LogP contribution in [-0.4, -0.2) is 47.9 Å². The van der Waals surface area contributed by atoms with Gasteiger partial charge in [0.1, 0.15) is 10.7 Å². The summed E-state index contributed by atoms with van der Waals surface area (Å²) in [5.41, 5.74) is 1.45. The Kier molecular flexibility index (Phi) is 7.18. The Bertz CT molecular complexity index is 761. The lowest BCUT2D eigenvalue weighted by atomic mass is 10.1. The van der Waals surface area contributed by atoms with Crippen molar-refractivity contribution in [2.45, 2.75) is 13.2 Å². The number of carbonyl (C=O) groups excluding carboxylic acids is 2. The number of hydrogen-bond donors (Lipinski definition) is 0. The molecule has 2 aromatic rings. The van der Waals surface area contributed by atoms with Gasteiger partial charge >= 0.3 is 5.97 Å². The van der Waals surface area contributed by atoms with Crippen LogP contribution in [0.3, 0.4) is 0 Å². The van der Waals surface area contributed by atoms with E-state index in [1.807, 2.05) is 0 Å². The number of rotatable bonds is 8. The standard InChI is InChI=1S/C16H17BrN2O5S/c1-4-24-15(21)11-8-25-14(19-11)9-5-6-10(16(22-2)23-3)18-13(9)12(20)7-17/h5-6,8,16H,4,7H2,1-3H3. The fourth-order valence-electron chi connectivity index (χ4n) is 2.09. The first kappa shape index (κ1) is 19.6. The molecule has 0 saturated carbocycles. The molecular weight excluding hydrogens is 412 g/mol. The van der Waals surface area contributed by atoms with Crippen molar-refractivity contribution in [2.75, 3.05) is 26.2 Å². The number of halogens is 1. The summed E-state index contributed by atoms with van der Waals surface area (Å²) in [6, 6.07) is 3.42. The fraction of sp³-hybridized carbons (Fsp3) is 0.375. The lowest BCUT2D eigenvalue weighted by Crippen LogP contribution is -2.12. The van der Waals surface area contributed by atoms with E-state index in [4.69, 9.17) is 14.2 Å². The van der Waals surface area contributed by atoms with Gasteiger partial charge in [-0.15, -0.1) is 11.3 Å². The Hall–Kier alpha value is -1.68. The first-order valence-corrected chi connectivity index (χ1v) is 9.34. The van der Waals surface area contributed by atoms with Crippen LogP contribution in [0.5, 0.6) is 0 Å². The summed E-state index contributed by atoms with van der Waals surface area (Å²) < 4.78 is 15.3. The van der Waals surface area contributed by atoms with Crippen LogP contribution in [0.2, 0.25) is 0 Å². The van der Waals surface area contributed by atoms with Gasteiger partial charge in [-0.1, -0.05) is 15.9 Å². The quantitative estimate of drug-likeness (QED) is 0.276. The zero-order valence-corrected chi connectivity index (χ0v) is 16.3. The molecule has 134 valence electrons. The average molecular weight is 429 g/mol. The number of ether oxygens (including phenoxy) is 3. The third kappa shape index (κ3) is 4.49. The van der Waals surface area contributed by atoms with Gasteiger partial charge < -0.3 is 14.2 Å². The molecule has 0 spiro atoms. The molecule has 0 aliphatic rings. The normalized spacial score (nSPS) is 10.9. The van der Waals surface area contributed by atoms with Crippen molar-refractivity contribution in [3.05, 3.63) is 34.6 Å². The number of methoxy groups -OCH3 is 2. The largest absolute Gasteiger partial charge is 0.461 e. The number of aromatic nitrogens is 2. The number of alkyl halides is 1. The first-order chi connectivity index (χ1) is 12.0. The molecule has 0 radical (unpaired) electrons. The molecule has 9 heteroatoms. The molecule has 0 fully saturated rings. The van der Waals surface area contributed by atoms with Gasteiger partial charge in [0.05, 0.1) is 17.6 Å². The topological polar surface area (TPSA) is 87.6 Å². The molecule has 0 amide bonds. The second-order valence-corrected chi connectivity index (χ2v) is 6.17. The molecule has 0 aromatic carbocycles. The Morgan fingerprint density at radius 1 is 1.24 bits per heavy atom. The lowest BCUT2D eigenvalue weighted by Gasteiger charge is -2.14. The Balaban J connectivity index is 2.46. The molecule has 0 N–H and O–H groups in total. The van der Waals surface area contributed by atoms with E-state index in [1.54, 1.807) is 24.4 Å². The highest BCUT2D eigenvalue weighted by Crippen LogP contribution is 2.29. The van der Waals surface area contributed by atoms with Gasteiger partial charge in [-0.05, 0) is 19.1 Å². The number of thiazole rings is 1. The molecule has 0 unspecified atom stereocenters. The van der Waals surface area contributed by atoms with Crippen LogP contribution in [0.4, 0.5) is 0 Å². The zero-order chi connectivity index (χ0) is 18.4. The van der Waals surface area contributed by atoms with Crippen molar-refractivity contribution >= 4 is 39.0 Å². The molecule has 2 rings (SSSR count). The van der Waals surface area contributed by atoms with Crippen molar-refractivity contribution in [1.29, 1.82) is 0 Å². The fourth-order valence-corrected chi connectivity index (χ4v) is 3.17. The molecule has 0 aliphatic heterocycles. The van der Waals surface area contributed by atoms with Crippen molar-refractivity contribution in [1.82, 2.24) is 9.97 Å². The van der Waals surface area contributed by atoms with E-state index in [0.29, 0.717) is 16.3 Å². The van der Waals surface area contributed by atoms with E-state index in [1.165, 1.54) is 25.6 Å². The number of ketones is 1. The van der Waals surface area contributed by atoms with Gasteiger partial charge in [-0.25, -0.2) is 14.8 Å². The molecule has 0 saturated heterocycles. The van der Waals surface area contributed by atoms with Gasteiger partial charge in [0, 0.05) is 25.2 Å². The van der Waals surface area contributed by atoms with Crippen molar-refractivity contribution in [3.8, 4) is 10.6 Å². The highest BCUT2D eigenvalue weighted by Gasteiger charge is 2.21. The smallest absolute Gasteiger partial charge is 0.357 e. The number of esters is 1. The second kappa shape index (κ2) is 9.14. The maximum atomic E-state index is 12.3.